The number of ether oxygens (including phenoxy) is 1. The lowest BCUT2D eigenvalue weighted by Crippen LogP contribution is -3.00. The summed E-state index contributed by atoms with van der Waals surface area (Å²) in [6.45, 7) is 8.82. The van der Waals surface area contributed by atoms with Crippen molar-refractivity contribution < 1.29 is 21.6 Å². The van der Waals surface area contributed by atoms with Gasteiger partial charge in [-0.2, -0.15) is 0 Å². The van der Waals surface area contributed by atoms with Crippen molar-refractivity contribution >= 4 is 0 Å². The Balaban J connectivity index is 0. The number of rotatable bonds is 17. The highest BCUT2D eigenvalue weighted by Crippen LogP contribution is 2.11. The van der Waals surface area contributed by atoms with Crippen LogP contribution in [-0.2, 0) is 4.74 Å². The summed E-state index contributed by atoms with van der Waals surface area (Å²) >= 11 is 0. The van der Waals surface area contributed by atoms with E-state index in [9.17, 15) is 0 Å². The third kappa shape index (κ3) is 20.2. The summed E-state index contributed by atoms with van der Waals surface area (Å²) in [7, 11) is 4.69. The van der Waals surface area contributed by atoms with E-state index in [4.69, 9.17) is 4.74 Å². The van der Waals surface area contributed by atoms with E-state index in [1.807, 2.05) is 0 Å². The van der Waals surface area contributed by atoms with Crippen LogP contribution in [0.3, 0.4) is 0 Å². The topological polar surface area (TPSA) is 9.23 Å². The average molecular weight is 350 g/mol. The van der Waals surface area contributed by atoms with Gasteiger partial charge in [-0.15, -0.1) is 0 Å². The lowest BCUT2D eigenvalue weighted by Gasteiger charge is -2.29. The second-order valence-electron chi connectivity index (χ2n) is 7.53. The summed E-state index contributed by atoms with van der Waals surface area (Å²) in [5.41, 5.74) is 0. The lowest BCUT2D eigenvalue weighted by atomic mass is 10.1. The van der Waals surface area contributed by atoms with Gasteiger partial charge in [0.15, 0.2) is 0 Å². The van der Waals surface area contributed by atoms with Crippen molar-refractivity contribution in [3.8, 4) is 0 Å². The van der Waals surface area contributed by atoms with Gasteiger partial charge < -0.3 is 21.6 Å². The first-order valence-electron chi connectivity index (χ1n) is 10.0. The van der Waals surface area contributed by atoms with Gasteiger partial charge in [-0.3, -0.25) is 0 Å². The van der Waals surface area contributed by atoms with Crippen molar-refractivity contribution in [1.29, 1.82) is 0 Å². The van der Waals surface area contributed by atoms with Crippen LogP contribution in [0.4, 0.5) is 0 Å². The van der Waals surface area contributed by atoms with Crippen LogP contribution in [0.5, 0.6) is 0 Å². The predicted molar refractivity (Wildman–Crippen MR) is 99.4 cm³/mol. The summed E-state index contributed by atoms with van der Waals surface area (Å²) in [5.74, 6) is 0. The van der Waals surface area contributed by atoms with Crippen LogP contribution in [0.2, 0.25) is 0 Å². The van der Waals surface area contributed by atoms with Gasteiger partial charge in [0.25, 0.3) is 0 Å². The molecule has 142 valence electrons. The maximum absolute atomic E-state index is 5.69. The highest BCUT2D eigenvalue weighted by Gasteiger charge is 2.13. The minimum atomic E-state index is 0. The van der Waals surface area contributed by atoms with Crippen molar-refractivity contribution in [2.75, 3.05) is 40.4 Å². The Morgan fingerprint density at radius 2 is 1.04 bits per heavy atom. The fourth-order valence-electron chi connectivity index (χ4n) is 2.80. The normalized spacial score (nSPS) is 11.5. The fourth-order valence-corrected chi connectivity index (χ4v) is 2.80. The maximum Gasteiger partial charge on any atom is 0.102 e. The van der Waals surface area contributed by atoms with Crippen molar-refractivity contribution in [3.05, 3.63) is 0 Å². The Kier molecular flexibility index (Phi) is 20.5. The van der Waals surface area contributed by atoms with Gasteiger partial charge in [0.1, 0.15) is 6.54 Å². The number of nitrogens with zero attached hydrogens (tertiary/aromatic N) is 1. The standard InChI is InChI=1S/C20H44NO.ClH/c1-5-7-9-10-11-12-13-14-15-16-17-21(3,4)18-20-22-19-8-6-2;/h5-20H2,1-4H3;1H/q+1;/p-1. The van der Waals surface area contributed by atoms with Crippen LogP contribution in [-0.4, -0.2) is 44.9 Å². The molecule has 0 radical (unpaired) electrons. The highest BCUT2D eigenvalue weighted by molar-refractivity contribution is 4.48. The second-order valence-corrected chi connectivity index (χ2v) is 7.53. The molecule has 0 bridgehead atoms. The van der Waals surface area contributed by atoms with Crippen LogP contribution in [0.25, 0.3) is 0 Å². The van der Waals surface area contributed by atoms with Gasteiger partial charge in [-0.05, 0) is 19.3 Å². The third-order valence-electron chi connectivity index (χ3n) is 4.60. The summed E-state index contributed by atoms with van der Waals surface area (Å²) in [5, 5.41) is 0. The average Bonchev–Trinajstić information content (AvgIpc) is 2.49. The molecular weight excluding hydrogens is 306 g/mol. The number of hydrogen-bond donors (Lipinski definition) is 0. The SMILES string of the molecule is CCCCCCCCCCCC[N+](C)(C)CCOCCCC.[Cl-]. The van der Waals surface area contributed by atoms with Crippen molar-refractivity contribution in [3.63, 3.8) is 0 Å². The Morgan fingerprint density at radius 1 is 0.565 bits per heavy atom. The molecule has 3 heteroatoms. The van der Waals surface area contributed by atoms with E-state index < -0.39 is 0 Å². The van der Waals surface area contributed by atoms with Crippen molar-refractivity contribution in [1.82, 2.24) is 0 Å². The molecule has 0 aromatic rings. The molecule has 0 saturated carbocycles. The molecule has 0 saturated heterocycles. The Labute approximate surface area is 153 Å². The first kappa shape index (κ1) is 25.5. The number of halogens is 1. The fraction of sp³-hybridized carbons (Fsp3) is 1.00. The van der Waals surface area contributed by atoms with E-state index in [1.165, 1.54) is 83.6 Å². The maximum atomic E-state index is 5.69. The predicted octanol–water partition coefficient (Wildman–Crippen LogP) is 2.80. The molecule has 0 aliphatic heterocycles. The first-order chi connectivity index (χ1) is 10.6. The molecule has 0 N–H and O–H groups in total. The molecule has 0 aliphatic rings. The molecule has 0 unspecified atom stereocenters. The van der Waals surface area contributed by atoms with Gasteiger partial charge in [0.2, 0.25) is 0 Å². The van der Waals surface area contributed by atoms with Gasteiger partial charge in [-0.25, -0.2) is 0 Å². The molecule has 0 atom stereocenters. The second kappa shape index (κ2) is 18.5. The molecule has 0 aromatic carbocycles. The van der Waals surface area contributed by atoms with Crippen LogP contribution < -0.4 is 12.4 Å². The summed E-state index contributed by atoms with van der Waals surface area (Å²) in [4.78, 5) is 0. The largest absolute Gasteiger partial charge is 1.00 e. The quantitative estimate of drug-likeness (QED) is 0.290. The molecule has 0 aromatic heterocycles. The monoisotopic (exact) mass is 349 g/mol. The molecule has 0 fully saturated rings. The van der Waals surface area contributed by atoms with Crippen molar-refractivity contribution in [2.45, 2.75) is 90.9 Å². The van der Waals surface area contributed by atoms with Crippen molar-refractivity contribution in [2.24, 2.45) is 0 Å². The molecule has 0 amide bonds. The summed E-state index contributed by atoms with van der Waals surface area (Å²) in [6.07, 6.45) is 16.7. The third-order valence-corrected chi connectivity index (χ3v) is 4.60. The number of unbranched alkanes of at least 4 members (excludes halogenated alkanes) is 10. The molecule has 23 heavy (non-hydrogen) atoms. The number of hydrogen-bond acceptors (Lipinski definition) is 1. The van der Waals surface area contributed by atoms with Crippen LogP contribution in [0.15, 0.2) is 0 Å². The smallest absolute Gasteiger partial charge is 0.102 e. The summed E-state index contributed by atoms with van der Waals surface area (Å²) in [6, 6.07) is 0. The molecular formula is C20H44ClNO. The number of quaternary nitrogens is 1. The zero-order valence-corrected chi connectivity index (χ0v) is 17.3. The number of likely N-dealkylation sites (N-methyl/N-ethyl adjacent to an activating group) is 1. The van der Waals surface area contributed by atoms with Crippen LogP contribution in [0, 0.1) is 0 Å². The van der Waals surface area contributed by atoms with Gasteiger partial charge in [0, 0.05) is 6.61 Å². The van der Waals surface area contributed by atoms with Gasteiger partial charge >= 0.3 is 0 Å². The molecule has 2 nitrogen and oxygen atoms in total. The van der Waals surface area contributed by atoms with Crippen LogP contribution in [0.1, 0.15) is 90.9 Å². The minimum Gasteiger partial charge on any atom is -1.00 e. The van der Waals surface area contributed by atoms with E-state index in [-0.39, 0.29) is 12.4 Å². The highest BCUT2D eigenvalue weighted by atomic mass is 35.5. The first-order valence-corrected chi connectivity index (χ1v) is 10.0. The Hall–Kier alpha value is 0.210. The molecule has 0 spiro atoms. The van der Waals surface area contributed by atoms with E-state index >= 15 is 0 Å². The molecule has 0 heterocycles. The van der Waals surface area contributed by atoms with E-state index in [1.54, 1.807) is 0 Å². The Morgan fingerprint density at radius 3 is 1.57 bits per heavy atom. The van der Waals surface area contributed by atoms with Gasteiger partial charge in [-0.1, -0.05) is 71.6 Å². The molecule has 0 rings (SSSR count). The summed E-state index contributed by atoms with van der Waals surface area (Å²) < 4.78 is 6.81. The van der Waals surface area contributed by atoms with Crippen LogP contribution >= 0.6 is 0 Å². The molecule has 0 aliphatic carbocycles. The Bertz CT molecular complexity index is 222. The van der Waals surface area contributed by atoms with E-state index in [0.717, 1.165) is 24.2 Å². The van der Waals surface area contributed by atoms with E-state index in [2.05, 4.69) is 27.9 Å². The zero-order valence-electron chi connectivity index (χ0n) is 16.5. The van der Waals surface area contributed by atoms with Gasteiger partial charge in [0.05, 0.1) is 27.2 Å². The zero-order chi connectivity index (χ0) is 16.5. The lowest BCUT2D eigenvalue weighted by molar-refractivity contribution is -0.891. The minimum absolute atomic E-state index is 0. The van der Waals surface area contributed by atoms with E-state index in [0.29, 0.717) is 0 Å².